The van der Waals surface area contributed by atoms with Crippen molar-refractivity contribution in [1.82, 2.24) is 15.5 Å². The Labute approximate surface area is 217 Å². The number of hydrogen-bond acceptors (Lipinski definition) is 5. The van der Waals surface area contributed by atoms with Crippen LogP contribution in [0.3, 0.4) is 0 Å². The fourth-order valence-corrected chi connectivity index (χ4v) is 4.31. The molecule has 1 aromatic rings. The zero-order valence-electron chi connectivity index (χ0n) is 20.6. The molecule has 2 aliphatic rings. The first-order valence-corrected chi connectivity index (χ1v) is 12.3. The molecule has 8 heteroatoms. The van der Waals surface area contributed by atoms with Gasteiger partial charge in [0.1, 0.15) is 0 Å². The molecule has 0 saturated carbocycles. The first kappa shape index (κ1) is 28.3. The minimum atomic E-state index is 0. The van der Waals surface area contributed by atoms with E-state index < -0.39 is 0 Å². The third-order valence-corrected chi connectivity index (χ3v) is 5.77. The Morgan fingerprint density at radius 3 is 2.52 bits per heavy atom. The van der Waals surface area contributed by atoms with Crippen LogP contribution in [0.2, 0.25) is 0 Å². The summed E-state index contributed by atoms with van der Waals surface area (Å²) in [6.45, 7) is 14.0. The van der Waals surface area contributed by atoms with E-state index in [-0.39, 0.29) is 24.0 Å². The number of halogens is 1. The Balaban J connectivity index is 0.00000385. The Morgan fingerprint density at radius 1 is 1.12 bits per heavy atom. The Morgan fingerprint density at radius 2 is 1.85 bits per heavy atom. The average molecular weight is 575 g/mol. The van der Waals surface area contributed by atoms with E-state index in [2.05, 4.69) is 60.6 Å². The van der Waals surface area contributed by atoms with Crippen LogP contribution >= 0.6 is 24.0 Å². The van der Waals surface area contributed by atoms with Crippen LogP contribution in [-0.2, 0) is 27.3 Å². The highest BCUT2D eigenvalue weighted by Crippen LogP contribution is 2.15. The second kappa shape index (κ2) is 15.9. The Hall–Kier alpha value is -0.940. The normalized spacial score (nSPS) is 23.8. The van der Waals surface area contributed by atoms with Gasteiger partial charge in [-0.05, 0) is 51.2 Å². The molecule has 0 aromatic heterocycles. The number of nitrogens with one attached hydrogen (secondary N) is 2. The van der Waals surface area contributed by atoms with Crippen LogP contribution in [-0.4, -0.2) is 75.2 Å². The highest BCUT2D eigenvalue weighted by atomic mass is 127. The lowest BCUT2D eigenvalue weighted by Crippen LogP contribution is -2.44. The van der Waals surface area contributed by atoms with Crippen molar-refractivity contribution in [2.75, 3.05) is 46.0 Å². The van der Waals surface area contributed by atoms with Gasteiger partial charge in [-0.15, -0.1) is 24.0 Å². The van der Waals surface area contributed by atoms with Crippen molar-refractivity contribution in [3.05, 3.63) is 35.4 Å². The molecule has 0 amide bonds. The van der Waals surface area contributed by atoms with Gasteiger partial charge in [0.25, 0.3) is 0 Å². The quantitative estimate of drug-likeness (QED) is 0.183. The molecule has 2 fully saturated rings. The van der Waals surface area contributed by atoms with Gasteiger partial charge >= 0.3 is 0 Å². The van der Waals surface area contributed by atoms with Crippen molar-refractivity contribution in [3.8, 4) is 0 Å². The minimum absolute atomic E-state index is 0. The Kier molecular flexibility index (Phi) is 13.6. The molecule has 0 radical (unpaired) electrons. The van der Waals surface area contributed by atoms with Gasteiger partial charge in [-0.2, -0.15) is 0 Å². The van der Waals surface area contributed by atoms with Crippen LogP contribution in [0.1, 0.15) is 51.2 Å². The minimum Gasteiger partial charge on any atom is -0.379 e. The van der Waals surface area contributed by atoms with E-state index in [0.717, 1.165) is 71.2 Å². The van der Waals surface area contributed by atoms with Gasteiger partial charge in [0.2, 0.25) is 0 Å². The lowest BCUT2D eigenvalue weighted by molar-refractivity contribution is -0.0704. The van der Waals surface area contributed by atoms with Gasteiger partial charge in [0.15, 0.2) is 5.96 Å². The molecule has 3 atom stereocenters. The molecule has 7 nitrogen and oxygen atoms in total. The molecule has 2 saturated heterocycles. The summed E-state index contributed by atoms with van der Waals surface area (Å²) in [5.41, 5.74) is 2.56. The first-order chi connectivity index (χ1) is 15.6. The molecule has 2 heterocycles. The third-order valence-electron chi connectivity index (χ3n) is 5.77. The topological polar surface area (TPSA) is 67.4 Å². The standard InChI is InChI=1S/C25H42N4O3.HI/c1-4-26-25(27-12-6-13-30-19-24-7-5-14-31-24)28-15-22-8-10-23(11-9-22)18-29-16-20(2)32-21(3)17-29;/h8-11,20-21,24H,4-7,12-19H2,1-3H3,(H2,26,27,28);1H. The zero-order chi connectivity index (χ0) is 22.6. The molecule has 188 valence electrons. The van der Waals surface area contributed by atoms with E-state index in [1.807, 2.05) is 0 Å². The van der Waals surface area contributed by atoms with Crippen molar-refractivity contribution in [2.24, 2.45) is 4.99 Å². The summed E-state index contributed by atoms with van der Waals surface area (Å²) in [6, 6.07) is 8.83. The predicted octanol–water partition coefficient (Wildman–Crippen LogP) is 3.55. The molecule has 3 rings (SSSR count). The number of rotatable bonds is 11. The van der Waals surface area contributed by atoms with E-state index in [9.17, 15) is 0 Å². The predicted molar refractivity (Wildman–Crippen MR) is 144 cm³/mol. The second-order valence-electron chi connectivity index (χ2n) is 8.95. The molecule has 33 heavy (non-hydrogen) atoms. The summed E-state index contributed by atoms with van der Waals surface area (Å²) in [4.78, 5) is 7.21. The maximum absolute atomic E-state index is 5.84. The molecule has 0 spiro atoms. The maximum Gasteiger partial charge on any atom is 0.191 e. The number of hydrogen-bond donors (Lipinski definition) is 2. The summed E-state index contributed by atoms with van der Waals surface area (Å²) in [5, 5.41) is 6.72. The summed E-state index contributed by atoms with van der Waals surface area (Å²) in [7, 11) is 0. The van der Waals surface area contributed by atoms with Gasteiger partial charge < -0.3 is 24.8 Å². The van der Waals surface area contributed by atoms with Gasteiger partial charge in [-0.25, -0.2) is 4.99 Å². The van der Waals surface area contributed by atoms with E-state index in [4.69, 9.17) is 19.2 Å². The van der Waals surface area contributed by atoms with Crippen LogP contribution in [0.4, 0.5) is 0 Å². The molecule has 3 unspecified atom stereocenters. The molecule has 2 N–H and O–H groups in total. The number of guanidine groups is 1. The molecular weight excluding hydrogens is 531 g/mol. The molecule has 1 aromatic carbocycles. The van der Waals surface area contributed by atoms with E-state index in [1.54, 1.807) is 0 Å². The average Bonchev–Trinajstić information content (AvgIpc) is 3.28. The Bertz CT molecular complexity index is 673. The second-order valence-corrected chi connectivity index (χ2v) is 8.95. The van der Waals surface area contributed by atoms with Gasteiger partial charge in [0, 0.05) is 45.9 Å². The van der Waals surface area contributed by atoms with Crippen LogP contribution in [0, 0.1) is 0 Å². The number of nitrogens with zero attached hydrogens (tertiary/aromatic N) is 2. The number of ether oxygens (including phenoxy) is 3. The van der Waals surface area contributed by atoms with Crippen molar-refractivity contribution < 1.29 is 14.2 Å². The van der Waals surface area contributed by atoms with Crippen LogP contribution in [0.15, 0.2) is 29.3 Å². The fourth-order valence-electron chi connectivity index (χ4n) is 4.31. The smallest absolute Gasteiger partial charge is 0.191 e. The highest BCUT2D eigenvalue weighted by Gasteiger charge is 2.22. The van der Waals surface area contributed by atoms with E-state index in [1.165, 1.54) is 11.1 Å². The van der Waals surface area contributed by atoms with Crippen molar-refractivity contribution in [3.63, 3.8) is 0 Å². The van der Waals surface area contributed by atoms with Crippen LogP contribution < -0.4 is 10.6 Å². The summed E-state index contributed by atoms with van der Waals surface area (Å²) in [6.07, 6.45) is 4.14. The van der Waals surface area contributed by atoms with Gasteiger partial charge in [0.05, 0.1) is 31.5 Å². The monoisotopic (exact) mass is 574 g/mol. The number of benzene rings is 1. The fraction of sp³-hybridized carbons (Fsp3) is 0.720. The zero-order valence-corrected chi connectivity index (χ0v) is 22.9. The van der Waals surface area contributed by atoms with E-state index in [0.29, 0.717) is 31.5 Å². The van der Waals surface area contributed by atoms with Gasteiger partial charge in [-0.3, -0.25) is 4.90 Å². The summed E-state index contributed by atoms with van der Waals surface area (Å²) < 4.78 is 17.1. The summed E-state index contributed by atoms with van der Waals surface area (Å²) in [5.74, 6) is 0.854. The van der Waals surface area contributed by atoms with E-state index >= 15 is 0 Å². The lowest BCUT2D eigenvalue weighted by atomic mass is 10.1. The highest BCUT2D eigenvalue weighted by molar-refractivity contribution is 14.0. The number of morpholine rings is 1. The van der Waals surface area contributed by atoms with Gasteiger partial charge in [-0.1, -0.05) is 24.3 Å². The maximum atomic E-state index is 5.84. The van der Waals surface area contributed by atoms with Crippen molar-refractivity contribution in [2.45, 2.75) is 71.4 Å². The molecule has 0 aliphatic carbocycles. The first-order valence-electron chi connectivity index (χ1n) is 12.3. The third kappa shape index (κ3) is 10.9. The molecule has 0 bridgehead atoms. The molecular formula is C25H43IN4O3. The number of aliphatic imine (C=N–C) groups is 1. The van der Waals surface area contributed by atoms with Crippen molar-refractivity contribution in [1.29, 1.82) is 0 Å². The SMILES string of the molecule is CCNC(=NCc1ccc(CN2CC(C)OC(C)C2)cc1)NCCCOCC1CCCO1.I. The largest absolute Gasteiger partial charge is 0.379 e. The molecule has 2 aliphatic heterocycles. The lowest BCUT2D eigenvalue weighted by Gasteiger charge is -2.35. The van der Waals surface area contributed by atoms with Crippen molar-refractivity contribution >= 4 is 29.9 Å². The van der Waals surface area contributed by atoms with Crippen LogP contribution in [0.25, 0.3) is 0 Å². The van der Waals surface area contributed by atoms with Crippen LogP contribution in [0.5, 0.6) is 0 Å². The summed E-state index contributed by atoms with van der Waals surface area (Å²) >= 11 is 0.